The molecule has 0 aromatic heterocycles. The van der Waals surface area contributed by atoms with E-state index in [0.29, 0.717) is 34.3 Å². The van der Waals surface area contributed by atoms with Crippen LogP contribution in [-0.2, 0) is 3.74 Å². The van der Waals surface area contributed by atoms with Crippen LogP contribution in [0.2, 0.25) is 0 Å². The SMILES string of the molecule is O=[AsH](F)[As]=[As][AsH][AsH][AsH2]. The Labute approximate surface area is 78.7 Å². The first kappa shape index (κ1) is 11.1. The minimum atomic E-state index is -2.98. The average Bonchev–Trinajstić information content (AvgIpc) is 1.66. The first-order valence-corrected chi connectivity index (χ1v) is 34.1. The standard InChI is InChI=1S/As6FH5O/c1-2-3-4-5-6(7)8/h2-3,6H,1H2. The van der Waals surface area contributed by atoms with Gasteiger partial charge in [0, 0.05) is 0 Å². The Balaban J connectivity index is 3.20. The first-order chi connectivity index (χ1) is 3.77. The van der Waals surface area contributed by atoms with Gasteiger partial charge in [-0.1, -0.05) is 0 Å². The van der Waals surface area contributed by atoms with Crippen LogP contribution in [0.3, 0.4) is 0 Å². The molecule has 8 heteroatoms. The second-order valence-electron chi connectivity index (χ2n) is 0.709. The molecule has 0 aliphatic carbocycles. The molecule has 0 radical (unpaired) electrons. The van der Waals surface area contributed by atoms with E-state index in [4.69, 9.17) is 0 Å². The van der Waals surface area contributed by atoms with Gasteiger partial charge in [-0.15, -0.1) is 0 Å². The van der Waals surface area contributed by atoms with Crippen LogP contribution in [-0.4, -0.2) is 73.2 Å². The molecule has 0 rings (SSSR count). The molecule has 0 bridgehead atoms. The van der Waals surface area contributed by atoms with E-state index >= 15 is 0 Å². The Hall–Kier alpha value is 3.08. The molecule has 0 aromatic carbocycles. The van der Waals surface area contributed by atoms with Crippen LogP contribution < -0.4 is 0 Å². The summed E-state index contributed by atoms with van der Waals surface area (Å²) in [6, 6.07) is 0. The molecule has 0 amide bonds. The molecule has 0 N–H and O–H groups in total. The van der Waals surface area contributed by atoms with E-state index in [1.807, 2.05) is 14.8 Å². The zero-order valence-electron chi connectivity index (χ0n) is 3.76. The number of hydrogen-bond donors (Lipinski definition) is 0. The minimum absolute atomic E-state index is 0.180. The van der Waals surface area contributed by atoms with Crippen LogP contribution in [0.15, 0.2) is 0 Å². The molecule has 4 atom stereocenters. The summed E-state index contributed by atoms with van der Waals surface area (Å²) in [6.07, 6.45) is 0. The van der Waals surface area contributed by atoms with Gasteiger partial charge in [0.2, 0.25) is 0 Å². The molecule has 8 heavy (non-hydrogen) atoms. The first-order valence-electron chi connectivity index (χ1n) is 1.58. The normalized spacial score (nSPS) is 17.8. The number of halogens is 1. The zero-order chi connectivity index (χ0) is 6.41. The zero-order valence-corrected chi connectivity index (χ0v) is 16.2. The van der Waals surface area contributed by atoms with Gasteiger partial charge in [0.05, 0.1) is 0 Å². The van der Waals surface area contributed by atoms with Gasteiger partial charge in [-0.3, -0.25) is 0 Å². The van der Waals surface area contributed by atoms with Crippen molar-refractivity contribution < 1.29 is 7.21 Å². The maximum absolute atomic E-state index is 11.7. The summed E-state index contributed by atoms with van der Waals surface area (Å²) >= 11 is -0.0793. The van der Waals surface area contributed by atoms with E-state index < -0.39 is 13.0 Å². The monoisotopic (exact) mass is 490 g/mol. The molecule has 0 saturated heterocycles. The quantitative estimate of drug-likeness (QED) is 0.380. The van der Waals surface area contributed by atoms with Crippen LogP contribution in [0.1, 0.15) is 0 Å². The second kappa shape index (κ2) is 8.18. The second-order valence-corrected chi connectivity index (χ2v) is 69.1. The van der Waals surface area contributed by atoms with Gasteiger partial charge in [0.25, 0.3) is 0 Å². The van der Waals surface area contributed by atoms with Gasteiger partial charge in [-0.05, 0) is 0 Å². The van der Waals surface area contributed by atoms with Crippen LogP contribution in [0.5, 0.6) is 0 Å². The third-order valence-corrected chi connectivity index (χ3v) is 131. The topological polar surface area (TPSA) is 17.1 Å². The summed E-state index contributed by atoms with van der Waals surface area (Å²) in [5.74, 6) is 0. The van der Waals surface area contributed by atoms with Crippen LogP contribution in [0.25, 0.3) is 0 Å². The Morgan fingerprint density at radius 3 is 2.75 bits per heavy atom. The molecule has 0 aromatic rings. The van der Waals surface area contributed by atoms with E-state index in [-0.39, 0.29) is 11.1 Å². The Kier molecular flexibility index (Phi) is 11.3. The van der Waals surface area contributed by atoms with Crippen LogP contribution in [0, 0.1) is 0 Å². The van der Waals surface area contributed by atoms with Crippen molar-refractivity contribution >= 4 is 73.2 Å². The summed E-state index contributed by atoms with van der Waals surface area (Å²) < 4.78 is 21.7. The van der Waals surface area contributed by atoms with Crippen molar-refractivity contribution in [2.24, 2.45) is 0 Å². The maximum atomic E-state index is 11.7. The van der Waals surface area contributed by atoms with E-state index in [1.165, 1.54) is 0 Å². The van der Waals surface area contributed by atoms with Crippen LogP contribution in [0.4, 0.5) is 3.47 Å². The summed E-state index contributed by atoms with van der Waals surface area (Å²) in [5.41, 5.74) is 0. The summed E-state index contributed by atoms with van der Waals surface area (Å²) in [5, 5.41) is 0. The fourth-order valence-corrected chi connectivity index (χ4v) is 233. The number of hydrogen-bond acceptors (Lipinski definition) is 1. The molecule has 0 aliphatic heterocycles. The molecule has 48 valence electrons. The fraction of sp³-hybridized carbons (Fsp3) is 0. The summed E-state index contributed by atoms with van der Waals surface area (Å²) in [4.78, 5) is 0. The fourth-order valence-electron chi connectivity index (χ4n) is 0.0932. The van der Waals surface area contributed by atoms with Crippen molar-refractivity contribution in [3.63, 3.8) is 0 Å². The third kappa shape index (κ3) is 9.08. The Morgan fingerprint density at radius 2 is 2.38 bits per heavy atom. The molecule has 0 saturated carbocycles. The molecule has 0 heterocycles. The van der Waals surface area contributed by atoms with Gasteiger partial charge in [-0.2, -0.15) is 0 Å². The van der Waals surface area contributed by atoms with E-state index in [1.54, 1.807) is 0 Å². The van der Waals surface area contributed by atoms with Gasteiger partial charge in [0.15, 0.2) is 0 Å². The molecular weight excluding hydrogens is 485 g/mol. The molecular formula is H5As6FO. The van der Waals surface area contributed by atoms with Crippen LogP contribution >= 0.6 is 0 Å². The third-order valence-electron chi connectivity index (χ3n) is 0.243. The van der Waals surface area contributed by atoms with E-state index in [2.05, 4.69) is 0 Å². The average molecular weight is 490 g/mol. The number of rotatable bonds is 3. The van der Waals surface area contributed by atoms with E-state index in [0.717, 1.165) is 0 Å². The van der Waals surface area contributed by atoms with Gasteiger partial charge < -0.3 is 0 Å². The molecule has 0 fully saturated rings. The van der Waals surface area contributed by atoms with Crippen molar-refractivity contribution in [2.75, 3.05) is 0 Å². The molecule has 0 aliphatic rings. The summed E-state index contributed by atoms with van der Waals surface area (Å²) in [7, 11) is 0. The van der Waals surface area contributed by atoms with Gasteiger partial charge in [0.1, 0.15) is 0 Å². The van der Waals surface area contributed by atoms with Gasteiger partial charge in [-0.25, -0.2) is 0 Å². The predicted molar refractivity (Wildman–Crippen MR) is 43.3 cm³/mol. The van der Waals surface area contributed by atoms with Gasteiger partial charge >= 0.3 is 80.4 Å². The van der Waals surface area contributed by atoms with Crippen molar-refractivity contribution in [3.8, 4) is 0 Å². The van der Waals surface area contributed by atoms with E-state index in [9.17, 15) is 7.21 Å². The predicted octanol–water partition coefficient (Wildman–Crippen LogP) is -3.32. The molecule has 1 nitrogen and oxygen atoms in total. The van der Waals surface area contributed by atoms with Crippen molar-refractivity contribution in [2.45, 2.75) is 0 Å². The Morgan fingerprint density at radius 1 is 1.75 bits per heavy atom. The molecule has 4 unspecified atom stereocenters. The molecule has 0 spiro atoms. The van der Waals surface area contributed by atoms with Crippen molar-refractivity contribution in [1.82, 2.24) is 0 Å². The van der Waals surface area contributed by atoms with Crippen molar-refractivity contribution in [3.05, 3.63) is 0 Å². The van der Waals surface area contributed by atoms with Crippen molar-refractivity contribution in [1.29, 1.82) is 0 Å². The summed E-state index contributed by atoms with van der Waals surface area (Å²) in [6.45, 7) is 0. The Bertz CT molecular complexity index is 96.7.